The number of rotatable bonds is 15. The summed E-state index contributed by atoms with van der Waals surface area (Å²) >= 11 is 0. The first-order valence-corrected chi connectivity index (χ1v) is 33.8. The largest absolute Gasteiger partial charge is 0.542 e. The van der Waals surface area contributed by atoms with E-state index in [0.717, 1.165) is 5.56 Å². The molecule has 9 nitrogen and oxygen atoms in total. The van der Waals surface area contributed by atoms with Crippen molar-refractivity contribution in [2.24, 2.45) is 0 Å². The van der Waals surface area contributed by atoms with Gasteiger partial charge < -0.3 is 31.6 Å². The Labute approximate surface area is 289 Å². The van der Waals surface area contributed by atoms with Crippen LogP contribution in [-0.2, 0) is 32.3 Å². The second-order valence-corrected chi connectivity index (χ2v) is 39.5. The average molecular weight is 743 g/mol. The van der Waals surface area contributed by atoms with Crippen molar-refractivity contribution in [3.8, 4) is 11.5 Å². The van der Waals surface area contributed by atoms with Gasteiger partial charge in [0, 0.05) is 18.9 Å². The van der Waals surface area contributed by atoms with Crippen LogP contribution in [0.25, 0.3) is 6.08 Å². The fourth-order valence-corrected chi connectivity index (χ4v) is 10.7. The van der Waals surface area contributed by atoms with Gasteiger partial charge in [-0.25, -0.2) is 9.59 Å². The van der Waals surface area contributed by atoms with E-state index < -0.39 is 77.4 Å². The van der Waals surface area contributed by atoms with Gasteiger partial charge in [-0.1, -0.05) is 6.07 Å². The highest BCUT2D eigenvalue weighted by molar-refractivity contribution is 6.71. The Kier molecular flexibility index (Phi) is 13.8. The van der Waals surface area contributed by atoms with Gasteiger partial charge in [0.05, 0.1) is 12.7 Å². The summed E-state index contributed by atoms with van der Waals surface area (Å²) in [6, 6.07) is 5.71. The van der Waals surface area contributed by atoms with Crippen molar-refractivity contribution in [2.75, 3.05) is 6.61 Å². The summed E-state index contributed by atoms with van der Waals surface area (Å²) in [5.41, 5.74) is -0.548. The molecule has 47 heavy (non-hydrogen) atoms. The Morgan fingerprint density at radius 3 is 1.74 bits per heavy atom. The van der Waals surface area contributed by atoms with E-state index in [9.17, 15) is 9.59 Å². The number of benzene rings is 1. The topological polar surface area (TPSA) is 98.8 Å². The number of hydrogen-bond donors (Lipinski definition) is 0. The second kappa shape index (κ2) is 15.6. The minimum Gasteiger partial charge on any atom is -0.542 e. The highest BCUT2D eigenvalue weighted by Gasteiger charge is 2.57. The monoisotopic (exact) mass is 742 g/mol. The van der Waals surface area contributed by atoms with E-state index in [-0.39, 0.29) is 19.4 Å². The molecule has 14 heteroatoms. The summed E-state index contributed by atoms with van der Waals surface area (Å²) < 4.78 is 44.6. The van der Waals surface area contributed by atoms with Crippen molar-refractivity contribution >= 4 is 59.6 Å². The molecule has 1 aliphatic carbocycles. The normalized spacial score (nSPS) is 23.0. The van der Waals surface area contributed by atoms with Crippen molar-refractivity contribution in [1.29, 1.82) is 0 Å². The van der Waals surface area contributed by atoms with Crippen LogP contribution in [0.2, 0.25) is 98.2 Å². The molecule has 0 heterocycles. The van der Waals surface area contributed by atoms with Crippen molar-refractivity contribution in [2.45, 2.75) is 142 Å². The highest BCUT2D eigenvalue weighted by Crippen LogP contribution is 2.41. The van der Waals surface area contributed by atoms with Crippen LogP contribution in [0.1, 0.15) is 25.3 Å². The third-order valence-electron chi connectivity index (χ3n) is 6.42. The molecule has 0 unspecified atom stereocenters. The van der Waals surface area contributed by atoms with Crippen LogP contribution in [0.5, 0.6) is 11.5 Å². The first kappa shape index (κ1) is 41.6. The minimum atomic E-state index is -2.29. The molecule has 1 aliphatic rings. The lowest BCUT2D eigenvalue weighted by Crippen LogP contribution is -2.64. The van der Waals surface area contributed by atoms with Crippen LogP contribution in [-0.4, -0.2) is 84.0 Å². The van der Waals surface area contributed by atoms with Crippen molar-refractivity contribution in [3.63, 3.8) is 0 Å². The van der Waals surface area contributed by atoms with Gasteiger partial charge in [-0.2, -0.15) is 0 Å². The predicted octanol–water partition coefficient (Wildman–Crippen LogP) is 8.43. The Morgan fingerprint density at radius 2 is 1.26 bits per heavy atom. The number of hydrogen-bond acceptors (Lipinski definition) is 9. The van der Waals surface area contributed by atoms with Gasteiger partial charge in [0.1, 0.15) is 23.7 Å². The Bertz CT molecular complexity index is 1250. The van der Waals surface area contributed by atoms with Crippen molar-refractivity contribution in [1.82, 2.24) is 0 Å². The molecule has 0 amide bonds. The number of esters is 2. The summed E-state index contributed by atoms with van der Waals surface area (Å²) in [6.45, 7) is 33.4. The first-order valence-electron chi connectivity index (χ1n) is 16.7. The van der Waals surface area contributed by atoms with Gasteiger partial charge in [0.2, 0.25) is 16.6 Å². The Morgan fingerprint density at radius 1 is 0.723 bits per heavy atom. The SMILES string of the molecule is CCOC(=O)[C@@]1(O[Si](C)(C)C)C[C@@H](OC(=O)/C=C/c2ccc(O[Si](C)(C)C)c(O[Si](C)(C)C)c2)[C@H](O[Si](C)(C)C)[C@H](O[Si](C)(C)C)C1. The van der Waals surface area contributed by atoms with Gasteiger partial charge in [-0.3, -0.25) is 0 Å². The van der Waals surface area contributed by atoms with E-state index in [4.69, 9.17) is 31.6 Å². The Balaban J connectivity index is 2.54. The maximum Gasteiger partial charge on any atom is 0.337 e. The van der Waals surface area contributed by atoms with Gasteiger partial charge in [-0.05, 0) is 129 Å². The Hall–Kier alpha value is -1.54. The highest BCUT2D eigenvalue weighted by atomic mass is 28.4. The molecule has 0 saturated heterocycles. The third-order valence-corrected chi connectivity index (χ3v) is 11.1. The molecular weight excluding hydrogens is 681 g/mol. The fourth-order valence-electron chi connectivity index (χ4n) is 5.38. The van der Waals surface area contributed by atoms with E-state index in [0.29, 0.717) is 11.5 Å². The molecule has 1 aromatic rings. The molecule has 0 spiro atoms. The zero-order valence-corrected chi connectivity index (χ0v) is 36.9. The van der Waals surface area contributed by atoms with Crippen LogP contribution < -0.4 is 8.85 Å². The lowest BCUT2D eigenvalue weighted by molar-refractivity contribution is -0.192. The van der Waals surface area contributed by atoms with Crippen molar-refractivity contribution in [3.05, 3.63) is 29.8 Å². The van der Waals surface area contributed by atoms with Crippen LogP contribution in [0.4, 0.5) is 0 Å². The van der Waals surface area contributed by atoms with E-state index in [1.165, 1.54) is 6.08 Å². The van der Waals surface area contributed by atoms with Crippen LogP contribution in [0, 0.1) is 0 Å². The molecule has 1 aromatic carbocycles. The summed E-state index contributed by atoms with van der Waals surface area (Å²) in [5.74, 6) is 0.386. The van der Waals surface area contributed by atoms with Crippen LogP contribution in [0.15, 0.2) is 24.3 Å². The van der Waals surface area contributed by atoms with Gasteiger partial charge in [0.25, 0.3) is 0 Å². The molecular formula is C33H62O9Si5. The number of carbonyl (C=O) groups is 2. The maximum absolute atomic E-state index is 13.7. The maximum atomic E-state index is 13.7. The average Bonchev–Trinajstić information content (AvgIpc) is 2.82. The van der Waals surface area contributed by atoms with Gasteiger partial charge in [-0.15, -0.1) is 0 Å². The predicted molar refractivity (Wildman–Crippen MR) is 203 cm³/mol. The van der Waals surface area contributed by atoms with E-state index in [1.807, 2.05) is 37.8 Å². The molecule has 0 aliphatic heterocycles. The van der Waals surface area contributed by atoms with Gasteiger partial charge in [0.15, 0.2) is 30.6 Å². The smallest absolute Gasteiger partial charge is 0.337 e. The summed E-state index contributed by atoms with van der Waals surface area (Å²) in [5, 5.41) is 0. The molecule has 2 rings (SSSR count). The third kappa shape index (κ3) is 14.9. The molecule has 4 atom stereocenters. The molecule has 0 aromatic heterocycles. The quantitative estimate of drug-likeness (QED) is 0.0997. The minimum absolute atomic E-state index is 0.118. The lowest BCUT2D eigenvalue weighted by atomic mass is 9.79. The molecule has 0 radical (unpaired) electrons. The zero-order chi connectivity index (χ0) is 36.2. The first-order chi connectivity index (χ1) is 21.1. The zero-order valence-electron chi connectivity index (χ0n) is 31.9. The molecule has 0 bridgehead atoms. The summed E-state index contributed by atoms with van der Waals surface area (Å²) in [4.78, 5) is 27.3. The van der Waals surface area contributed by atoms with Gasteiger partial charge >= 0.3 is 11.9 Å². The van der Waals surface area contributed by atoms with E-state index in [2.05, 4.69) is 78.6 Å². The summed E-state index contributed by atoms with van der Waals surface area (Å²) in [6.07, 6.45) is 1.62. The van der Waals surface area contributed by atoms with Crippen LogP contribution in [0.3, 0.4) is 0 Å². The molecule has 1 fully saturated rings. The number of carbonyl (C=O) groups excluding carboxylic acids is 2. The summed E-state index contributed by atoms with van der Waals surface area (Å²) in [7, 11) is -10.4. The standard InChI is InChI=1S/C33H62O9Si5/c1-17-36-32(35)33(42-47(14,15)16)23-28(31(41-46(11,12)13)29(24-33)40-45(8,9)10)37-30(34)21-19-25-18-20-26(38-43(2,3)4)27(22-25)39-44(5,6)7/h18-22,28-29,31H,17,23-24H2,1-16H3/b21-19+/t28-,29-,31+,33-/m1/s1. The fraction of sp³-hybridized carbons (Fsp3) is 0.697. The number of ether oxygens (including phenoxy) is 2. The molecule has 268 valence electrons. The van der Waals surface area contributed by atoms with Crippen molar-refractivity contribution < 1.29 is 41.2 Å². The second-order valence-electron chi connectivity index (χ2n) is 17.2. The lowest BCUT2D eigenvalue weighted by Gasteiger charge is -2.50. The molecule has 1 saturated carbocycles. The molecule has 0 N–H and O–H groups in total. The van der Waals surface area contributed by atoms with E-state index in [1.54, 1.807) is 13.0 Å². The van der Waals surface area contributed by atoms with E-state index >= 15 is 0 Å². The van der Waals surface area contributed by atoms with Crippen LogP contribution >= 0.6 is 0 Å².